The van der Waals surface area contributed by atoms with Crippen molar-refractivity contribution in [2.45, 2.75) is 44.1 Å². The zero-order valence-corrected chi connectivity index (χ0v) is 16.5. The van der Waals surface area contributed by atoms with Crippen molar-refractivity contribution in [3.05, 3.63) is 59.7 Å². The number of amides is 1. The topological polar surface area (TPSA) is 144 Å². The minimum Gasteiger partial charge on any atom is -0.508 e. The van der Waals surface area contributed by atoms with Crippen molar-refractivity contribution in [1.29, 1.82) is 0 Å². The van der Waals surface area contributed by atoms with Gasteiger partial charge in [0.05, 0.1) is 6.42 Å². The SMILES string of the molecule is CC(CCCC(=O)N[C@@H](CC(=O)O)C(=O)O)(c1ccc(O)cc1)c1ccc(O)cc1. The molecule has 1 amide bonds. The molecule has 2 rings (SSSR count). The van der Waals surface area contributed by atoms with Crippen molar-refractivity contribution >= 4 is 17.8 Å². The number of hydrogen-bond acceptors (Lipinski definition) is 5. The number of benzene rings is 2. The lowest BCUT2D eigenvalue weighted by atomic mass is 9.72. The van der Waals surface area contributed by atoms with E-state index in [1.807, 2.05) is 6.92 Å². The molecule has 0 heterocycles. The molecule has 5 N–H and O–H groups in total. The Hall–Kier alpha value is -3.55. The molecule has 0 aliphatic rings. The molecule has 1 atom stereocenters. The number of phenols is 2. The van der Waals surface area contributed by atoms with E-state index >= 15 is 0 Å². The van der Waals surface area contributed by atoms with Crippen molar-refractivity contribution in [3.8, 4) is 11.5 Å². The summed E-state index contributed by atoms with van der Waals surface area (Å²) in [5, 5.41) is 39.2. The Morgan fingerprint density at radius 2 is 1.37 bits per heavy atom. The highest BCUT2D eigenvalue weighted by atomic mass is 16.4. The maximum atomic E-state index is 12.2. The Morgan fingerprint density at radius 3 is 1.77 bits per heavy atom. The zero-order valence-electron chi connectivity index (χ0n) is 16.5. The van der Waals surface area contributed by atoms with E-state index in [-0.39, 0.29) is 17.9 Å². The summed E-state index contributed by atoms with van der Waals surface area (Å²) in [4.78, 5) is 34.0. The Morgan fingerprint density at radius 1 is 0.900 bits per heavy atom. The molecule has 0 saturated heterocycles. The smallest absolute Gasteiger partial charge is 0.326 e. The second-order valence-electron chi connectivity index (χ2n) is 7.34. The van der Waals surface area contributed by atoms with E-state index in [0.29, 0.717) is 12.8 Å². The summed E-state index contributed by atoms with van der Waals surface area (Å²) < 4.78 is 0. The van der Waals surface area contributed by atoms with Crippen LogP contribution in [-0.4, -0.2) is 44.3 Å². The Balaban J connectivity index is 2.12. The molecule has 8 heteroatoms. The molecule has 0 unspecified atom stereocenters. The molecule has 2 aromatic rings. The fraction of sp³-hybridized carbons (Fsp3) is 0.318. The summed E-state index contributed by atoms with van der Waals surface area (Å²) in [6.07, 6.45) is 0.255. The number of carbonyl (C=O) groups excluding carboxylic acids is 1. The lowest BCUT2D eigenvalue weighted by Gasteiger charge is -2.31. The molecule has 0 aromatic heterocycles. The van der Waals surface area contributed by atoms with Crippen LogP contribution in [-0.2, 0) is 19.8 Å². The molecule has 0 spiro atoms. The number of carboxylic acid groups (broad SMARTS) is 2. The molecule has 0 bridgehead atoms. The number of carboxylic acids is 2. The van der Waals surface area contributed by atoms with E-state index in [2.05, 4.69) is 5.32 Å². The number of phenolic OH excluding ortho intramolecular Hbond substituents is 2. The summed E-state index contributed by atoms with van der Waals surface area (Å²) in [6, 6.07) is 12.0. The van der Waals surface area contributed by atoms with Crippen molar-refractivity contribution in [3.63, 3.8) is 0 Å². The van der Waals surface area contributed by atoms with Gasteiger partial charge in [0.15, 0.2) is 0 Å². The lowest BCUT2D eigenvalue weighted by molar-refractivity contribution is -0.147. The van der Waals surface area contributed by atoms with Crippen LogP contribution >= 0.6 is 0 Å². The number of aliphatic carboxylic acids is 2. The molecule has 0 saturated carbocycles. The molecular weight excluding hydrogens is 390 g/mol. The van der Waals surface area contributed by atoms with Crippen LogP contribution in [0.2, 0.25) is 0 Å². The van der Waals surface area contributed by atoms with Crippen LogP contribution in [0.5, 0.6) is 11.5 Å². The fourth-order valence-electron chi connectivity index (χ4n) is 3.36. The van der Waals surface area contributed by atoms with E-state index in [1.54, 1.807) is 48.5 Å². The number of hydrogen-bond donors (Lipinski definition) is 5. The predicted molar refractivity (Wildman–Crippen MR) is 108 cm³/mol. The largest absolute Gasteiger partial charge is 0.508 e. The molecule has 0 aliphatic carbocycles. The highest BCUT2D eigenvalue weighted by Gasteiger charge is 2.29. The van der Waals surface area contributed by atoms with E-state index in [1.165, 1.54) is 0 Å². The summed E-state index contributed by atoms with van der Waals surface area (Å²) in [5.41, 5.74) is 1.27. The van der Waals surface area contributed by atoms with Gasteiger partial charge in [-0.25, -0.2) is 4.79 Å². The summed E-state index contributed by atoms with van der Waals surface area (Å²) in [7, 11) is 0. The minimum atomic E-state index is -1.48. The Kier molecular flexibility index (Phi) is 7.41. The number of rotatable bonds is 10. The van der Waals surface area contributed by atoms with E-state index in [4.69, 9.17) is 10.2 Å². The fourth-order valence-corrected chi connectivity index (χ4v) is 3.36. The average molecular weight is 415 g/mol. The number of nitrogens with one attached hydrogen (secondary N) is 1. The molecule has 0 fully saturated rings. The first-order valence-corrected chi connectivity index (χ1v) is 9.45. The van der Waals surface area contributed by atoms with Gasteiger partial charge in [-0.3, -0.25) is 9.59 Å². The minimum absolute atomic E-state index is 0.0230. The second kappa shape index (κ2) is 9.78. The van der Waals surface area contributed by atoms with Gasteiger partial charge in [-0.05, 0) is 48.2 Å². The molecular formula is C22H25NO7. The molecule has 30 heavy (non-hydrogen) atoms. The van der Waals surface area contributed by atoms with Crippen LogP contribution in [0.15, 0.2) is 48.5 Å². The van der Waals surface area contributed by atoms with Gasteiger partial charge in [0.1, 0.15) is 17.5 Å². The van der Waals surface area contributed by atoms with Gasteiger partial charge >= 0.3 is 11.9 Å². The van der Waals surface area contributed by atoms with Gasteiger partial charge in [-0.1, -0.05) is 31.2 Å². The second-order valence-corrected chi connectivity index (χ2v) is 7.34. The van der Waals surface area contributed by atoms with Gasteiger partial charge in [0.25, 0.3) is 0 Å². The summed E-state index contributed by atoms with van der Waals surface area (Å²) >= 11 is 0. The van der Waals surface area contributed by atoms with Crippen LogP contribution in [0.1, 0.15) is 43.7 Å². The van der Waals surface area contributed by atoms with Gasteiger partial charge < -0.3 is 25.7 Å². The number of aromatic hydroxyl groups is 2. The van der Waals surface area contributed by atoms with E-state index in [0.717, 1.165) is 11.1 Å². The maximum Gasteiger partial charge on any atom is 0.326 e. The van der Waals surface area contributed by atoms with Gasteiger partial charge in [0.2, 0.25) is 5.91 Å². The standard InChI is InChI=1S/C22H25NO7/c1-22(14-4-8-16(24)9-5-14,15-6-10-17(25)11-7-15)12-2-3-19(26)23-18(21(29)30)13-20(27)28/h4-11,18,24-25H,2-3,12-13H2,1H3,(H,23,26)(H,27,28)(H,29,30)/t18-/m0/s1. The normalized spacial score (nSPS) is 12.2. The van der Waals surface area contributed by atoms with Crippen molar-refractivity contribution in [2.75, 3.05) is 0 Å². The highest BCUT2D eigenvalue weighted by molar-refractivity contribution is 5.86. The molecule has 2 aromatic carbocycles. The first-order valence-electron chi connectivity index (χ1n) is 9.45. The quantitative estimate of drug-likeness (QED) is 0.401. The first kappa shape index (κ1) is 22.7. The van der Waals surface area contributed by atoms with Crippen molar-refractivity contribution in [1.82, 2.24) is 5.32 Å². The van der Waals surface area contributed by atoms with Crippen molar-refractivity contribution < 1.29 is 34.8 Å². The lowest BCUT2D eigenvalue weighted by Crippen LogP contribution is -2.42. The molecule has 8 nitrogen and oxygen atoms in total. The zero-order chi connectivity index (χ0) is 22.3. The predicted octanol–water partition coefficient (Wildman–Crippen LogP) is 2.62. The van der Waals surface area contributed by atoms with Crippen LogP contribution < -0.4 is 5.32 Å². The van der Waals surface area contributed by atoms with Crippen LogP contribution in [0.25, 0.3) is 0 Å². The Labute approximate surface area is 173 Å². The van der Waals surface area contributed by atoms with Crippen LogP contribution in [0.3, 0.4) is 0 Å². The summed E-state index contributed by atoms with van der Waals surface area (Å²) in [6.45, 7) is 1.98. The Bertz CT molecular complexity index is 845. The van der Waals surface area contributed by atoms with Crippen molar-refractivity contribution in [2.24, 2.45) is 0 Å². The average Bonchev–Trinajstić information content (AvgIpc) is 2.68. The van der Waals surface area contributed by atoms with Gasteiger partial charge in [-0.2, -0.15) is 0 Å². The highest BCUT2D eigenvalue weighted by Crippen LogP contribution is 2.38. The first-order chi connectivity index (χ1) is 14.1. The third-order valence-electron chi connectivity index (χ3n) is 5.10. The van der Waals surface area contributed by atoms with Crippen LogP contribution in [0.4, 0.5) is 0 Å². The van der Waals surface area contributed by atoms with Gasteiger partial charge in [0, 0.05) is 11.8 Å². The third-order valence-corrected chi connectivity index (χ3v) is 5.10. The monoisotopic (exact) mass is 415 g/mol. The number of carbonyl (C=O) groups is 3. The molecule has 160 valence electrons. The van der Waals surface area contributed by atoms with Gasteiger partial charge in [-0.15, -0.1) is 0 Å². The van der Waals surface area contributed by atoms with Crippen LogP contribution in [0, 0.1) is 0 Å². The third kappa shape index (κ3) is 5.97. The summed E-state index contributed by atoms with van der Waals surface area (Å²) in [5.74, 6) is -2.99. The molecule has 0 radical (unpaired) electrons. The maximum absolute atomic E-state index is 12.2. The molecule has 0 aliphatic heterocycles. The van der Waals surface area contributed by atoms with E-state index in [9.17, 15) is 24.6 Å². The van der Waals surface area contributed by atoms with E-state index < -0.39 is 35.7 Å².